The Hall–Kier alpha value is -4.34. The molecule has 224 valence electrons. The van der Waals surface area contributed by atoms with Crippen molar-refractivity contribution in [3.63, 3.8) is 0 Å². The van der Waals surface area contributed by atoms with E-state index in [0.717, 1.165) is 54.6 Å². The number of nitrogen functional groups attached to an aromatic ring is 3. The van der Waals surface area contributed by atoms with Gasteiger partial charge < -0.3 is 30.7 Å². The van der Waals surface area contributed by atoms with Gasteiger partial charge in [0, 0.05) is 16.8 Å². The highest BCUT2D eigenvalue weighted by Gasteiger charge is 2.28. The Balaban J connectivity index is 1.82. The molecule has 4 aromatic rings. The van der Waals surface area contributed by atoms with Crippen molar-refractivity contribution in [3.8, 4) is 17.2 Å². The molecule has 0 amide bonds. The highest BCUT2D eigenvalue weighted by molar-refractivity contribution is 7.88. The molecule has 0 fully saturated rings. The maximum Gasteiger partial charge on any atom is 0.341 e. The number of benzene rings is 4. The molecule has 0 spiro atoms. The maximum absolute atomic E-state index is 13.3. The molecule has 0 atom stereocenters. The lowest BCUT2D eigenvalue weighted by Crippen LogP contribution is -2.15. The largest absolute Gasteiger partial charge is 0.507 e. The second-order valence-corrected chi connectivity index (χ2v) is 14.3. The van der Waals surface area contributed by atoms with E-state index in [1.165, 1.54) is 6.07 Å². The summed E-state index contributed by atoms with van der Waals surface area (Å²) in [5.74, 6) is -1.86. The lowest BCUT2D eigenvalue weighted by molar-refractivity contribution is 0.472. The fourth-order valence-electron chi connectivity index (χ4n) is 3.65. The number of rotatable bonds is 8. The fraction of sp³-hybridized carbons (Fsp3) is 0. The molecule has 0 radical (unpaired) electrons. The summed E-state index contributed by atoms with van der Waals surface area (Å²) in [7, 11) is -19.2. The third-order valence-corrected chi connectivity index (χ3v) is 9.83. The number of hydrogen-bond donors (Lipinski definition) is 6. The first-order valence-electron chi connectivity index (χ1n) is 10.9. The van der Waals surface area contributed by atoms with Crippen molar-refractivity contribution in [3.05, 3.63) is 60.7 Å². The molecule has 0 aliphatic heterocycles. The van der Waals surface area contributed by atoms with Crippen molar-refractivity contribution >= 4 is 68.3 Å². The summed E-state index contributed by atoms with van der Waals surface area (Å²) >= 11 is 0. The van der Waals surface area contributed by atoms with Gasteiger partial charge in [0.1, 0.15) is 15.5 Å². The zero-order chi connectivity index (χ0) is 31.4. The SMILES string of the molecule is Nc1cc(S(=O)(=O)O)ccc1OS(=O)(=O)c1cc(O)c2ccc(N)c(S(=O)(=O)Oc3ccc(S(=O)(=O)O)cc3N)c2c1. The predicted octanol–water partition coefficient (Wildman–Crippen LogP) is 1.32. The quantitative estimate of drug-likeness (QED) is 0.0881. The fourth-order valence-corrected chi connectivity index (χ4v) is 6.96. The van der Waals surface area contributed by atoms with Gasteiger partial charge in [-0.1, -0.05) is 0 Å². The summed E-state index contributed by atoms with van der Waals surface area (Å²) in [6.45, 7) is 0. The van der Waals surface area contributed by atoms with Crippen LogP contribution >= 0.6 is 0 Å². The Bertz CT molecular complexity index is 2220. The van der Waals surface area contributed by atoms with Gasteiger partial charge in [-0.3, -0.25) is 9.11 Å². The van der Waals surface area contributed by atoms with Crippen LogP contribution in [0.25, 0.3) is 10.8 Å². The van der Waals surface area contributed by atoms with Crippen LogP contribution in [-0.4, -0.2) is 47.9 Å². The molecule has 0 aliphatic carbocycles. The van der Waals surface area contributed by atoms with Gasteiger partial charge in [0.05, 0.1) is 26.9 Å². The van der Waals surface area contributed by atoms with Crippen LogP contribution in [0.5, 0.6) is 17.2 Å². The minimum absolute atomic E-state index is 0.183. The number of aromatic hydroxyl groups is 1. The molecule has 0 aromatic heterocycles. The zero-order valence-electron chi connectivity index (χ0n) is 20.6. The molecule has 9 N–H and O–H groups in total. The van der Waals surface area contributed by atoms with Crippen LogP contribution in [0, 0.1) is 0 Å². The standard InChI is InChI=1S/C22H19N3O13S4/c23-16-4-3-14-15(22(16)42(35,36)38-21-6-2-12(9-18(21)25)40(30,31)32)7-13(10-19(14)26)41(33,34)37-20-5-1-11(8-17(20)24)39(27,28)29/h1-10,26H,23-25H2,(H,27,28,29)(H,30,31,32). The third kappa shape index (κ3) is 5.98. The lowest BCUT2D eigenvalue weighted by atomic mass is 10.1. The van der Waals surface area contributed by atoms with Crippen molar-refractivity contribution in [2.75, 3.05) is 17.2 Å². The van der Waals surface area contributed by atoms with Crippen LogP contribution in [0.15, 0.2) is 80.2 Å². The van der Waals surface area contributed by atoms with Crippen LogP contribution in [0.1, 0.15) is 0 Å². The molecule has 4 rings (SSSR count). The average molecular weight is 662 g/mol. The molecule has 0 unspecified atom stereocenters. The molecular weight excluding hydrogens is 643 g/mol. The summed E-state index contributed by atoms with van der Waals surface area (Å²) in [6, 6.07) is 8.58. The van der Waals surface area contributed by atoms with E-state index < -0.39 is 99.8 Å². The Kier molecular flexibility index (Phi) is 7.42. The van der Waals surface area contributed by atoms with Crippen LogP contribution < -0.4 is 25.6 Å². The van der Waals surface area contributed by atoms with Gasteiger partial charge in [0.25, 0.3) is 20.2 Å². The van der Waals surface area contributed by atoms with E-state index in [1.807, 2.05) is 0 Å². The zero-order valence-corrected chi connectivity index (χ0v) is 23.8. The normalized spacial score (nSPS) is 12.7. The van der Waals surface area contributed by atoms with E-state index in [1.54, 1.807) is 0 Å². The maximum atomic E-state index is 13.3. The Morgan fingerprint density at radius 2 is 1.00 bits per heavy atom. The second kappa shape index (κ2) is 10.2. The summed E-state index contributed by atoms with van der Waals surface area (Å²) in [5.41, 5.74) is 15.8. The monoisotopic (exact) mass is 661 g/mol. The molecule has 4 aromatic carbocycles. The van der Waals surface area contributed by atoms with Gasteiger partial charge in [-0.15, -0.1) is 0 Å². The van der Waals surface area contributed by atoms with Crippen molar-refractivity contribution in [1.29, 1.82) is 0 Å². The van der Waals surface area contributed by atoms with E-state index in [0.29, 0.717) is 0 Å². The van der Waals surface area contributed by atoms with Gasteiger partial charge in [-0.25, -0.2) is 0 Å². The summed E-state index contributed by atoms with van der Waals surface area (Å²) < 4.78 is 126. The van der Waals surface area contributed by atoms with E-state index in [4.69, 9.17) is 34.7 Å². The van der Waals surface area contributed by atoms with Crippen LogP contribution in [0.3, 0.4) is 0 Å². The van der Waals surface area contributed by atoms with Gasteiger partial charge in [-0.05, 0) is 54.6 Å². The van der Waals surface area contributed by atoms with Crippen LogP contribution in [0.2, 0.25) is 0 Å². The molecule has 42 heavy (non-hydrogen) atoms. The Labute approximate surface area is 238 Å². The predicted molar refractivity (Wildman–Crippen MR) is 147 cm³/mol. The van der Waals surface area contributed by atoms with Gasteiger partial charge >= 0.3 is 20.2 Å². The third-order valence-electron chi connectivity index (χ3n) is 5.56. The van der Waals surface area contributed by atoms with E-state index in [-0.39, 0.29) is 5.39 Å². The minimum atomic E-state index is -4.97. The Morgan fingerprint density at radius 1 is 0.524 bits per heavy atom. The van der Waals surface area contributed by atoms with Crippen LogP contribution in [0.4, 0.5) is 17.1 Å². The van der Waals surface area contributed by atoms with Crippen molar-refractivity contribution < 1.29 is 56.2 Å². The van der Waals surface area contributed by atoms with E-state index in [9.17, 15) is 38.8 Å². The Morgan fingerprint density at radius 3 is 1.45 bits per heavy atom. The summed E-state index contributed by atoms with van der Waals surface area (Å²) in [6.07, 6.45) is 0. The van der Waals surface area contributed by atoms with Gasteiger partial charge in [0.2, 0.25) is 0 Å². The molecule has 0 heterocycles. The molecule has 0 saturated carbocycles. The second-order valence-electron chi connectivity index (χ2n) is 8.45. The average Bonchev–Trinajstić information content (AvgIpc) is 2.84. The molecule has 0 saturated heterocycles. The smallest absolute Gasteiger partial charge is 0.341 e. The van der Waals surface area contributed by atoms with Gasteiger partial charge in [-0.2, -0.15) is 33.7 Å². The number of phenols is 1. The topological polar surface area (TPSA) is 294 Å². The first-order chi connectivity index (χ1) is 19.2. The van der Waals surface area contributed by atoms with Crippen molar-refractivity contribution in [1.82, 2.24) is 0 Å². The minimum Gasteiger partial charge on any atom is -0.507 e. The first-order valence-corrected chi connectivity index (χ1v) is 16.6. The summed E-state index contributed by atoms with van der Waals surface area (Å²) in [4.78, 5) is -2.89. The number of phenolic OH excluding ortho intramolecular Hbond substituents is 1. The van der Waals surface area contributed by atoms with E-state index >= 15 is 0 Å². The van der Waals surface area contributed by atoms with Crippen molar-refractivity contribution in [2.45, 2.75) is 19.6 Å². The lowest BCUT2D eigenvalue weighted by Gasteiger charge is -2.15. The van der Waals surface area contributed by atoms with Crippen molar-refractivity contribution in [2.24, 2.45) is 0 Å². The summed E-state index contributed by atoms with van der Waals surface area (Å²) in [5, 5.41) is 9.94. The number of hydrogen-bond acceptors (Lipinski definition) is 14. The van der Waals surface area contributed by atoms with E-state index in [2.05, 4.69) is 0 Å². The number of nitrogens with two attached hydrogens (primary N) is 3. The number of fused-ring (bicyclic) bond motifs is 1. The molecule has 20 heteroatoms. The highest BCUT2D eigenvalue weighted by atomic mass is 32.2. The van der Waals surface area contributed by atoms with Crippen LogP contribution in [-0.2, 0) is 40.5 Å². The molecule has 0 bridgehead atoms. The van der Waals surface area contributed by atoms with Gasteiger partial charge in [0.15, 0.2) is 11.5 Å². The number of anilines is 3. The highest BCUT2D eigenvalue weighted by Crippen LogP contribution is 2.39. The molecule has 16 nitrogen and oxygen atoms in total. The molecular formula is C22H19N3O13S4. The molecule has 0 aliphatic rings. The first kappa shape index (κ1) is 30.6.